The maximum atomic E-state index is 13.3. The van der Waals surface area contributed by atoms with Crippen molar-refractivity contribution in [1.29, 1.82) is 0 Å². The summed E-state index contributed by atoms with van der Waals surface area (Å²) >= 11 is 0. The van der Waals surface area contributed by atoms with Crippen LogP contribution in [0, 0.1) is 6.92 Å². The van der Waals surface area contributed by atoms with Crippen molar-refractivity contribution >= 4 is 16.1 Å². The summed E-state index contributed by atoms with van der Waals surface area (Å²) in [5, 5.41) is -0.553. The maximum Gasteiger partial charge on any atom is 0.278 e. The number of carbonyl (C=O) groups excluding carboxylic acids is 1. The summed E-state index contributed by atoms with van der Waals surface area (Å²) in [4.78, 5) is 17.2. The lowest BCUT2D eigenvalue weighted by molar-refractivity contribution is -0.137. The highest BCUT2D eigenvalue weighted by Gasteiger charge is 2.63. The molecule has 0 bridgehead atoms. The topological polar surface area (TPSA) is 63.7 Å². The fourth-order valence-electron chi connectivity index (χ4n) is 4.56. The molecule has 2 aromatic rings. The third-order valence-corrected chi connectivity index (χ3v) is 9.31. The minimum absolute atomic E-state index is 0.291. The van der Waals surface area contributed by atoms with Gasteiger partial charge in [-0.2, -0.15) is 0 Å². The molecule has 4 rings (SSSR count). The standard InChI is InChI=1S/C23H28N2O3S/c1-17-9-7-8-12-19(17)14-24-15-20-21(16-24)29(27,28)23(2,3)22(26)25(20)13-18-10-5-4-6-11-18/h4-12,20-21H,13-16H2,1-3H3/t20-,21+/m0/s1. The molecule has 1 unspecified atom stereocenters. The van der Waals surface area contributed by atoms with Gasteiger partial charge in [-0.3, -0.25) is 9.69 Å². The van der Waals surface area contributed by atoms with E-state index in [1.807, 2.05) is 42.5 Å². The van der Waals surface area contributed by atoms with E-state index in [4.69, 9.17) is 0 Å². The van der Waals surface area contributed by atoms with Gasteiger partial charge in [0.25, 0.3) is 5.91 Å². The minimum Gasteiger partial charge on any atom is -0.614 e. The van der Waals surface area contributed by atoms with E-state index in [1.165, 1.54) is 11.1 Å². The summed E-state index contributed by atoms with van der Waals surface area (Å²) in [6, 6.07) is 17.7. The lowest BCUT2D eigenvalue weighted by Gasteiger charge is -2.47. The van der Waals surface area contributed by atoms with E-state index in [-0.39, 0.29) is 11.9 Å². The predicted molar refractivity (Wildman–Crippen MR) is 114 cm³/mol. The molecule has 0 aromatic heterocycles. The van der Waals surface area contributed by atoms with Crippen LogP contribution in [-0.4, -0.2) is 49.4 Å². The normalized spacial score (nSPS) is 29.1. The number of nitrogens with zero attached hydrogens (tertiary/aromatic N) is 2. The van der Waals surface area contributed by atoms with Crippen LogP contribution in [0.2, 0.25) is 0 Å². The van der Waals surface area contributed by atoms with E-state index in [9.17, 15) is 13.6 Å². The first-order valence-corrected chi connectivity index (χ1v) is 11.6. The number of aryl methyl sites for hydroxylation is 1. The largest absolute Gasteiger partial charge is 0.614 e. The Hall–Kier alpha value is -2.02. The van der Waals surface area contributed by atoms with Gasteiger partial charge in [-0.1, -0.05) is 54.6 Å². The molecule has 6 heteroatoms. The van der Waals surface area contributed by atoms with Crippen molar-refractivity contribution in [3.8, 4) is 0 Å². The average molecular weight is 413 g/mol. The fourth-order valence-corrected chi connectivity index (χ4v) is 6.73. The van der Waals surface area contributed by atoms with Crippen LogP contribution < -0.4 is 0 Å². The van der Waals surface area contributed by atoms with Gasteiger partial charge in [0, 0.05) is 26.2 Å². The number of benzene rings is 2. The third kappa shape index (κ3) is 3.43. The van der Waals surface area contributed by atoms with Gasteiger partial charge in [-0.05, 0) is 37.5 Å². The van der Waals surface area contributed by atoms with E-state index in [0.717, 1.165) is 5.56 Å². The molecule has 2 aliphatic rings. The summed E-state index contributed by atoms with van der Waals surface area (Å²) in [6.45, 7) is 7.37. The number of carbonyl (C=O) groups is 1. The molecule has 154 valence electrons. The molecule has 5 nitrogen and oxygen atoms in total. The lowest BCUT2D eigenvalue weighted by atomic mass is 10.1. The molecule has 0 saturated carbocycles. The first kappa shape index (κ1) is 20.3. The molecule has 2 aromatic carbocycles. The first-order valence-electron chi connectivity index (χ1n) is 10.1. The van der Waals surface area contributed by atoms with Crippen molar-refractivity contribution < 1.29 is 13.6 Å². The monoisotopic (exact) mass is 412 g/mol. The Kier molecular flexibility index (Phi) is 5.13. The van der Waals surface area contributed by atoms with E-state index in [2.05, 4.69) is 24.0 Å². The molecule has 1 amide bonds. The van der Waals surface area contributed by atoms with Gasteiger partial charge in [0.2, 0.25) is 4.75 Å². The van der Waals surface area contributed by atoms with E-state index >= 15 is 0 Å². The van der Waals surface area contributed by atoms with Crippen molar-refractivity contribution in [2.24, 2.45) is 0 Å². The van der Waals surface area contributed by atoms with Crippen LogP contribution in [0.5, 0.6) is 0 Å². The molecule has 0 aliphatic carbocycles. The third-order valence-electron chi connectivity index (χ3n) is 6.45. The van der Waals surface area contributed by atoms with Gasteiger partial charge in [-0.15, -0.1) is 4.21 Å². The van der Waals surface area contributed by atoms with Gasteiger partial charge < -0.3 is 9.45 Å². The molecule has 2 heterocycles. The molecule has 0 N–H and O–H groups in total. The van der Waals surface area contributed by atoms with Crippen molar-refractivity contribution in [2.45, 2.75) is 49.9 Å². The van der Waals surface area contributed by atoms with Crippen LogP contribution in [0.25, 0.3) is 0 Å². The quantitative estimate of drug-likeness (QED) is 0.724. The highest BCUT2D eigenvalue weighted by Crippen LogP contribution is 2.41. The highest BCUT2D eigenvalue weighted by molar-refractivity contribution is 8.00. The second-order valence-electron chi connectivity index (χ2n) is 8.70. The van der Waals surface area contributed by atoms with Crippen LogP contribution in [0.3, 0.4) is 0 Å². The Labute approximate surface area is 174 Å². The fraction of sp³-hybridized carbons (Fsp3) is 0.435. The van der Waals surface area contributed by atoms with Gasteiger partial charge in [0.05, 0.1) is 16.3 Å². The van der Waals surface area contributed by atoms with Crippen LogP contribution in [-0.2, 0) is 32.3 Å². The zero-order chi connectivity index (χ0) is 20.8. The van der Waals surface area contributed by atoms with E-state index in [0.29, 0.717) is 26.2 Å². The number of sulfone groups is 1. The second kappa shape index (κ2) is 7.35. The summed E-state index contributed by atoms with van der Waals surface area (Å²) in [7, 11) is -3.58. The summed E-state index contributed by atoms with van der Waals surface area (Å²) in [5.41, 5.74) is 3.42. The molecule has 0 radical (unpaired) electrons. The number of hydrogen-bond donors (Lipinski definition) is 0. The number of amides is 1. The van der Waals surface area contributed by atoms with Crippen LogP contribution in [0.4, 0.5) is 0 Å². The van der Waals surface area contributed by atoms with Crippen molar-refractivity contribution in [3.63, 3.8) is 0 Å². The predicted octanol–water partition coefficient (Wildman–Crippen LogP) is 3.00. The number of rotatable bonds is 4. The SMILES string of the molecule is Cc1ccccc1CN1C[C@@H]2[C@H](C1)N(Cc1ccccc1)C(=O)C(C)(C)[S+]2(=O)[O-]. The first-order chi connectivity index (χ1) is 13.7. The zero-order valence-electron chi connectivity index (χ0n) is 17.2. The molecule has 3 atom stereocenters. The Morgan fingerprint density at radius 1 is 1.03 bits per heavy atom. The summed E-state index contributed by atoms with van der Waals surface area (Å²) in [6.07, 6.45) is 0. The van der Waals surface area contributed by atoms with Crippen LogP contribution >= 0.6 is 0 Å². The number of hydrogen-bond acceptors (Lipinski definition) is 4. The summed E-state index contributed by atoms with van der Waals surface area (Å²) < 4.78 is 25.2. The van der Waals surface area contributed by atoms with Gasteiger partial charge in [0.1, 0.15) is 0 Å². The Morgan fingerprint density at radius 2 is 1.69 bits per heavy atom. The Morgan fingerprint density at radius 3 is 2.38 bits per heavy atom. The Bertz CT molecular complexity index is 960. The second-order valence-corrected chi connectivity index (χ2v) is 11.4. The molecule has 2 aliphatic heterocycles. The van der Waals surface area contributed by atoms with Gasteiger partial charge in [-0.25, -0.2) is 0 Å². The van der Waals surface area contributed by atoms with Crippen molar-refractivity contribution in [1.82, 2.24) is 9.80 Å². The van der Waals surface area contributed by atoms with Crippen molar-refractivity contribution in [3.05, 3.63) is 71.3 Å². The maximum absolute atomic E-state index is 13.3. The smallest absolute Gasteiger partial charge is 0.278 e. The van der Waals surface area contributed by atoms with Crippen molar-refractivity contribution in [2.75, 3.05) is 13.1 Å². The van der Waals surface area contributed by atoms with Crippen LogP contribution in [0.15, 0.2) is 54.6 Å². The molecule has 2 fully saturated rings. The summed E-state index contributed by atoms with van der Waals surface area (Å²) in [5.74, 6) is -0.291. The Balaban J connectivity index is 1.65. The highest BCUT2D eigenvalue weighted by atomic mass is 32.3. The zero-order valence-corrected chi connectivity index (χ0v) is 18.0. The number of likely N-dealkylation sites (tertiary alicyclic amines) is 1. The van der Waals surface area contributed by atoms with E-state index < -0.39 is 20.2 Å². The van der Waals surface area contributed by atoms with Gasteiger partial charge >= 0.3 is 0 Å². The van der Waals surface area contributed by atoms with Gasteiger partial charge in [0.15, 0.2) is 5.25 Å². The molecule has 0 spiro atoms. The molecule has 29 heavy (non-hydrogen) atoms. The molecular formula is C23H28N2O3S. The molecule has 2 saturated heterocycles. The molecular weight excluding hydrogens is 384 g/mol. The van der Waals surface area contributed by atoms with E-state index in [1.54, 1.807) is 18.7 Å². The average Bonchev–Trinajstić information content (AvgIpc) is 3.12. The minimum atomic E-state index is -3.58. The number of fused-ring (bicyclic) bond motifs is 1. The van der Waals surface area contributed by atoms with Crippen LogP contribution in [0.1, 0.15) is 30.5 Å². The lowest BCUT2D eigenvalue weighted by Crippen LogP contribution is -2.67.